The van der Waals surface area contributed by atoms with Crippen molar-refractivity contribution in [3.8, 4) is 0 Å². The SMILES string of the molecule is C=Cc1nc(COC)n(C)c1C(=C)OC.C=Cc1nc(COC)n(C)c1C=C.CCOC. The van der Waals surface area contributed by atoms with Crippen molar-refractivity contribution in [2.24, 2.45) is 14.1 Å². The second-order valence-corrected chi connectivity index (χ2v) is 6.36. The molecule has 2 heterocycles. The quantitative estimate of drug-likeness (QED) is 0.506. The lowest BCUT2D eigenvalue weighted by Gasteiger charge is -2.07. The van der Waals surface area contributed by atoms with Gasteiger partial charge < -0.3 is 28.1 Å². The van der Waals surface area contributed by atoms with Crippen LogP contribution in [0.2, 0.25) is 0 Å². The third-order valence-corrected chi connectivity index (χ3v) is 4.40. The normalized spacial score (nSPS) is 9.72. The molecule has 0 atom stereocenters. The number of aromatic nitrogens is 4. The zero-order valence-corrected chi connectivity index (χ0v) is 20.6. The molecule has 0 aliphatic heterocycles. The molecule has 0 fully saturated rings. The molecular formula is C24H38N4O4. The first-order valence-corrected chi connectivity index (χ1v) is 9.99. The molecule has 0 bridgehead atoms. The van der Waals surface area contributed by atoms with Gasteiger partial charge in [-0.1, -0.05) is 26.3 Å². The maximum atomic E-state index is 5.11. The van der Waals surface area contributed by atoms with E-state index in [2.05, 4.69) is 41.0 Å². The average molecular weight is 447 g/mol. The highest BCUT2D eigenvalue weighted by Gasteiger charge is 2.15. The summed E-state index contributed by atoms with van der Waals surface area (Å²) in [6.07, 6.45) is 5.16. The van der Waals surface area contributed by atoms with Gasteiger partial charge in [-0.3, -0.25) is 0 Å². The summed E-state index contributed by atoms with van der Waals surface area (Å²) in [7, 11) is 10.4. The van der Waals surface area contributed by atoms with Gasteiger partial charge in [0.15, 0.2) is 0 Å². The van der Waals surface area contributed by atoms with Crippen molar-refractivity contribution < 1.29 is 18.9 Å². The summed E-state index contributed by atoms with van der Waals surface area (Å²) in [5.74, 6) is 2.27. The Labute approximate surface area is 192 Å². The molecular weight excluding hydrogens is 408 g/mol. The van der Waals surface area contributed by atoms with Crippen LogP contribution in [0.5, 0.6) is 0 Å². The van der Waals surface area contributed by atoms with E-state index < -0.39 is 0 Å². The van der Waals surface area contributed by atoms with Crippen LogP contribution in [0.15, 0.2) is 26.3 Å². The number of hydrogen-bond acceptors (Lipinski definition) is 6. The maximum absolute atomic E-state index is 5.11. The number of hydrogen-bond donors (Lipinski definition) is 0. The van der Waals surface area contributed by atoms with Crippen molar-refractivity contribution in [2.45, 2.75) is 20.1 Å². The Kier molecular flexibility index (Phi) is 14.3. The number of ether oxygens (including phenoxy) is 4. The van der Waals surface area contributed by atoms with E-state index in [1.54, 1.807) is 46.7 Å². The Morgan fingerprint density at radius 3 is 1.62 bits per heavy atom. The molecule has 0 saturated carbocycles. The van der Waals surface area contributed by atoms with E-state index in [1.807, 2.05) is 30.2 Å². The molecule has 2 rings (SSSR count). The highest BCUT2D eigenvalue weighted by molar-refractivity contribution is 5.64. The van der Waals surface area contributed by atoms with E-state index in [0.29, 0.717) is 19.0 Å². The smallest absolute Gasteiger partial charge is 0.137 e. The van der Waals surface area contributed by atoms with Crippen LogP contribution >= 0.6 is 0 Å². The summed E-state index contributed by atoms with van der Waals surface area (Å²) in [5, 5.41) is 0. The number of methoxy groups -OCH3 is 4. The van der Waals surface area contributed by atoms with Gasteiger partial charge in [-0.15, -0.1) is 0 Å². The predicted octanol–water partition coefficient (Wildman–Crippen LogP) is 4.33. The van der Waals surface area contributed by atoms with Gasteiger partial charge in [0.25, 0.3) is 0 Å². The van der Waals surface area contributed by atoms with Crippen molar-refractivity contribution in [1.29, 1.82) is 0 Å². The molecule has 0 amide bonds. The average Bonchev–Trinajstić information content (AvgIpc) is 3.29. The lowest BCUT2D eigenvalue weighted by atomic mass is 10.3. The van der Waals surface area contributed by atoms with E-state index in [4.69, 9.17) is 14.2 Å². The number of nitrogens with zero attached hydrogens (tertiary/aromatic N) is 4. The summed E-state index contributed by atoms with van der Waals surface area (Å²) < 4.78 is 23.6. The summed E-state index contributed by atoms with van der Waals surface area (Å²) >= 11 is 0. The molecule has 0 saturated heterocycles. The predicted molar refractivity (Wildman–Crippen MR) is 132 cm³/mol. The zero-order chi connectivity index (χ0) is 24.7. The number of imidazole rings is 2. The molecule has 2 aromatic heterocycles. The highest BCUT2D eigenvalue weighted by atomic mass is 16.5. The van der Waals surface area contributed by atoms with Crippen LogP contribution < -0.4 is 0 Å². The van der Waals surface area contributed by atoms with Gasteiger partial charge in [-0.2, -0.15) is 0 Å². The second-order valence-electron chi connectivity index (χ2n) is 6.36. The third kappa shape index (κ3) is 7.96. The first-order valence-electron chi connectivity index (χ1n) is 9.99. The van der Waals surface area contributed by atoms with Gasteiger partial charge in [0.1, 0.15) is 36.3 Å². The van der Waals surface area contributed by atoms with E-state index in [9.17, 15) is 0 Å². The fourth-order valence-corrected chi connectivity index (χ4v) is 2.63. The molecule has 8 nitrogen and oxygen atoms in total. The molecule has 8 heteroatoms. The van der Waals surface area contributed by atoms with Crippen LogP contribution in [-0.2, 0) is 46.3 Å². The standard InChI is InChI=1S/C11H16N2O2.C10H14N2O.C3H8O/c1-6-9-11(8(2)15-5)13(3)10(12-9)7-14-4;1-5-8-9(6-2)12(3)10(11-8)7-13-4;1-3-4-2/h6H,1-2,7H2,3-5H3;5-6H,1-2,7H2,3-4H3;3H2,1-2H3. The molecule has 0 aromatic carbocycles. The fraction of sp³-hybridized carbons (Fsp3) is 0.417. The third-order valence-electron chi connectivity index (χ3n) is 4.40. The molecule has 0 N–H and O–H groups in total. The minimum Gasteiger partial charge on any atom is -0.495 e. The summed E-state index contributed by atoms with van der Waals surface area (Å²) in [5.41, 5.74) is 3.42. The van der Waals surface area contributed by atoms with Crippen molar-refractivity contribution in [2.75, 3.05) is 35.0 Å². The Balaban J connectivity index is 0.000000519. The molecule has 0 spiro atoms. The molecule has 178 valence electrons. The zero-order valence-electron chi connectivity index (χ0n) is 20.6. The van der Waals surface area contributed by atoms with Crippen LogP contribution in [0.3, 0.4) is 0 Å². The largest absolute Gasteiger partial charge is 0.495 e. The molecule has 0 aliphatic carbocycles. The van der Waals surface area contributed by atoms with Crippen molar-refractivity contribution >= 4 is 24.0 Å². The summed E-state index contributed by atoms with van der Waals surface area (Å²) in [6, 6.07) is 0. The Morgan fingerprint density at radius 1 is 0.812 bits per heavy atom. The van der Waals surface area contributed by atoms with Crippen molar-refractivity contribution in [1.82, 2.24) is 19.1 Å². The first kappa shape index (κ1) is 29.1. The molecule has 0 radical (unpaired) electrons. The van der Waals surface area contributed by atoms with Crippen molar-refractivity contribution in [3.63, 3.8) is 0 Å². The van der Waals surface area contributed by atoms with Crippen molar-refractivity contribution in [3.05, 3.63) is 60.7 Å². The van der Waals surface area contributed by atoms with Crippen LogP contribution in [0.1, 0.15) is 41.3 Å². The van der Waals surface area contributed by atoms with Gasteiger partial charge >= 0.3 is 0 Å². The van der Waals surface area contributed by atoms with Crippen LogP contribution in [0.4, 0.5) is 0 Å². The Hall–Kier alpha value is -2.94. The minimum absolute atomic E-state index is 0.453. The second kappa shape index (κ2) is 15.8. The van der Waals surface area contributed by atoms with Gasteiger partial charge in [0.2, 0.25) is 0 Å². The lowest BCUT2D eigenvalue weighted by Crippen LogP contribution is -2.03. The highest BCUT2D eigenvalue weighted by Crippen LogP contribution is 2.20. The van der Waals surface area contributed by atoms with Gasteiger partial charge in [-0.05, 0) is 25.2 Å². The summed E-state index contributed by atoms with van der Waals surface area (Å²) in [4.78, 5) is 8.70. The van der Waals surface area contributed by atoms with E-state index >= 15 is 0 Å². The summed E-state index contributed by atoms with van der Waals surface area (Å²) in [6.45, 7) is 18.7. The van der Waals surface area contributed by atoms with Gasteiger partial charge in [0, 0.05) is 42.0 Å². The maximum Gasteiger partial charge on any atom is 0.137 e. The Morgan fingerprint density at radius 2 is 1.28 bits per heavy atom. The molecule has 2 aromatic rings. The van der Waals surface area contributed by atoms with Gasteiger partial charge in [-0.25, -0.2) is 9.97 Å². The van der Waals surface area contributed by atoms with Crippen LogP contribution in [0, 0.1) is 0 Å². The van der Waals surface area contributed by atoms with E-state index in [1.165, 1.54) is 0 Å². The molecule has 0 unspecified atom stereocenters. The Bertz CT molecular complexity index is 879. The fourth-order valence-electron chi connectivity index (χ4n) is 2.63. The van der Waals surface area contributed by atoms with Crippen LogP contribution in [-0.4, -0.2) is 54.1 Å². The monoisotopic (exact) mass is 446 g/mol. The first-order chi connectivity index (χ1) is 15.3. The topological polar surface area (TPSA) is 72.6 Å². The van der Waals surface area contributed by atoms with Gasteiger partial charge in [0.05, 0.1) is 24.2 Å². The number of rotatable bonds is 10. The van der Waals surface area contributed by atoms with E-state index in [-0.39, 0.29) is 0 Å². The van der Waals surface area contributed by atoms with Crippen LogP contribution in [0.25, 0.3) is 24.0 Å². The molecule has 32 heavy (non-hydrogen) atoms. The minimum atomic E-state index is 0.453. The van der Waals surface area contributed by atoms with E-state index in [0.717, 1.165) is 41.0 Å². The lowest BCUT2D eigenvalue weighted by molar-refractivity contribution is 0.175. The molecule has 0 aliphatic rings.